The first-order valence-corrected chi connectivity index (χ1v) is 9.73. The quantitative estimate of drug-likeness (QED) is 0.396. The zero-order valence-corrected chi connectivity index (χ0v) is 15.9. The van der Waals surface area contributed by atoms with Gasteiger partial charge in [-0.15, -0.1) is 0 Å². The summed E-state index contributed by atoms with van der Waals surface area (Å²) < 4.78 is 45.6. The van der Waals surface area contributed by atoms with Crippen molar-refractivity contribution in [3.05, 3.63) is 66.7 Å². The number of halogens is 3. The molecule has 0 N–H and O–H groups in total. The molecule has 140 valence electrons. The van der Waals surface area contributed by atoms with Crippen molar-refractivity contribution >= 4 is 44.6 Å². The van der Waals surface area contributed by atoms with Gasteiger partial charge in [0.05, 0.1) is 29.3 Å². The van der Waals surface area contributed by atoms with Crippen LogP contribution in [0.15, 0.2) is 76.6 Å². The normalized spacial score (nSPS) is 13.6. The minimum atomic E-state index is -3.71. The maximum absolute atomic E-state index is 13.9. The van der Waals surface area contributed by atoms with Gasteiger partial charge >= 0.3 is 5.38 Å². The SMILES string of the molecule is COc1ccc(N=C(CS(=O)c2cccc3ccccc23)C(F)(F)Cl)cc1. The number of hydrogen-bond acceptors (Lipinski definition) is 3. The number of nitrogens with zero attached hydrogens (tertiary/aromatic N) is 1. The van der Waals surface area contributed by atoms with E-state index in [0.717, 1.165) is 10.8 Å². The van der Waals surface area contributed by atoms with Crippen LogP contribution in [0.1, 0.15) is 0 Å². The highest BCUT2D eigenvalue weighted by molar-refractivity contribution is 7.86. The van der Waals surface area contributed by atoms with Gasteiger partial charge in [0.25, 0.3) is 0 Å². The van der Waals surface area contributed by atoms with Crippen molar-refractivity contribution in [1.82, 2.24) is 0 Å². The first kappa shape index (κ1) is 19.5. The topological polar surface area (TPSA) is 38.7 Å². The van der Waals surface area contributed by atoms with Crippen LogP contribution >= 0.6 is 11.6 Å². The Labute approximate surface area is 163 Å². The Balaban J connectivity index is 1.94. The number of alkyl halides is 3. The first-order chi connectivity index (χ1) is 12.9. The van der Waals surface area contributed by atoms with E-state index in [1.807, 2.05) is 30.3 Å². The van der Waals surface area contributed by atoms with Crippen molar-refractivity contribution in [2.75, 3.05) is 12.9 Å². The van der Waals surface area contributed by atoms with Gasteiger partial charge in [0.2, 0.25) is 0 Å². The summed E-state index contributed by atoms with van der Waals surface area (Å²) in [4.78, 5) is 4.41. The van der Waals surface area contributed by atoms with Crippen LogP contribution in [0.4, 0.5) is 14.5 Å². The summed E-state index contributed by atoms with van der Waals surface area (Å²) in [5.74, 6) is 0.101. The lowest BCUT2D eigenvalue weighted by atomic mass is 10.1. The van der Waals surface area contributed by atoms with Gasteiger partial charge in [0.1, 0.15) is 11.5 Å². The second-order valence-electron chi connectivity index (χ2n) is 5.72. The second-order valence-corrected chi connectivity index (χ2v) is 7.62. The molecule has 0 amide bonds. The van der Waals surface area contributed by atoms with E-state index in [9.17, 15) is 13.0 Å². The molecule has 3 rings (SSSR count). The van der Waals surface area contributed by atoms with E-state index in [4.69, 9.17) is 16.3 Å². The van der Waals surface area contributed by atoms with Crippen LogP contribution in [0.5, 0.6) is 5.75 Å². The lowest BCUT2D eigenvalue weighted by molar-refractivity contribution is 0.175. The van der Waals surface area contributed by atoms with E-state index < -0.39 is 27.6 Å². The Morgan fingerprint density at radius 2 is 1.74 bits per heavy atom. The van der Waals surface area contributed by atoms with Crippen LogP contribution < -0.4 is 4.74 Å². The molecule has 7 heteroatoms. The molecule has 0 aliphatic carbocycles. The molecular weight excluding hydrogens is 392 g/mol. The third-order valence-electron chi connectivity index (χ3n) is 3.93. The van der Waals surface area contributed by atoms with Gasteiger partial charge in [-0.1, -0.05) is 36.4 Å². The number of benzene rings is 3. The van der Waals surface area contributed by atoms with E-state index in [2.05, 4.69) is 4.99 Å². The molecule has 27 heavy (non-hydrogen) atoms. The van der Waals surface area contributed by atoms with Gasteiger partial charge in [-0.25, -0.2) is 4.99 Å². The number of ether oxygens (including phenoxy) is 1. The van der Waals surface area contributed by atoms with Crippen molar-refractivity contribution in [1.29, 1.82) is 0 Å². The number of rotatable bonds is 6. The third kappa shape index (κ3) is 4.70. The average molecular weight is 408 g/mol. The number of aliphatic imine (C=N–C) groups is 1. The highest BCUT2D eigenvalue weighted by atomic mass is 35.5. The predicted molar refractivity (Wildman–Crippen MR) is 106 cm³/mol. The molecule has 0 heterocycles. The maximum atomic E-state index is 13.9. The predicted octanol–water partition coefficient (Wildman–Crippen LogP) is 5.56. The Kier molecular flexibility index (Phi) is 5.87. The molecule has 0 saturated carbocycles. The average Bonchev–Trinajstić information content (AvgIpc) is 2.66. The van der Waals surface area contributed by atoms with Gasteiger partial charge in [0.15, 0.2) is 0 Å². The molecule has 0 bridgehead atoms. The van der Waals surface area contributed by atoms with Crippen LogP contribution in [0.2, 0.25) is 0 Å². The van der Waals surface area contributed by atoms with Crippen molar-refractivity contribution in [2.24, 2.45) is 4.99 Å². The van der Waals surface area contributed by atoms with Gasteiger partial charge in [-0.2, -0.15) is 8.78 Å². The van der Waals surface area contributed by atoms with Crippen molar-refractivity contribution in [3.8, 4) is 5.75 Å². The Bertz CT molecular complexity index is 996. The van der Waals surface area contributed by atoms with Gasteiger partial charge in [-0.05, 0) is 52.7 Å². The minimum Gasteiger partial charge on any atom is -0.497 e. The number of methoxy groups -OCH3 is 1. The summed E-state index contributed by atoms with van der Waals surface area (Å²) >= 11 is 5.23. The molecule has 1 atom stereocenters. The van der Waals surface area contributed by atoms with E-state index >= 15 is 0 Å². The number of fused-ring (bicyclic) bond motifs is 1. The molecule has 3 aromatic carbocycles. The minimum absolute atomic E-state index is 0.279. The second kappa shape index (κ2) is 8.15. The fourth-order valence-electron chi connectivity index (χ4n) is 2.59. The maximum Gasteiger partial charge on any atom is 0.361 e. The van der Waals surface area contributed by atoms with Crippen LogP contribution in [0, 0.1) is 0 Å². The Morgan fingerprint density at radius 3 is 2.41 bits per heavy atom. The standard InChI is InChI=1S/C20H16ClF2NO2S/c1-26-16-11-9-15(10-12-16)24-19(20(21,22)23)13-27(25)18-8-4-6-14-5-2-3-7-17(14)18/h2-12H,13H2,1H3. The van der Waals surface area contributed by atoms with Crippen molar-refractivity contribution in [3.63, 3.8) is 0 Å². The fraction of sp³-hybridized carbons (Fsp3) is 0.150. The van der Waals surface area contributed by atoms with Gasteiger partial charge in [-0.3, -0.25) is 4.21 Å². The molecule has 0 radical (unpaired) electrons. The third-order valence-corrected chi connectivity index (χ3v) is 5.53. The van der Waals surface area contributed by atoms with Crippen molar-refractivity contribution < 1.29 is 17.7 Å². The molecule has 0 aromatic heterocycles. The fourth-order valence-corrected chi connectivity index (χ4v) is 4.09. The van der Waals surface area contributed by atoms with E-state index in [-0.39, 0.29) is 5.69 Å². The van der Waals surface area contributed by atoms with E-state index in [0.29, 0.717) is 10.6 Å². The van der Waals surface area contributed by atoms with Crippen LogP contribution in [0.25, 0.3) is 10.8 Å². The number of hydrogen-bond donors (Lipinski definition) is 0. The van der Waals surface area contributed by atoms with Crippen molar-refractivity contribution in [2.45, 2.75) is 10.3 Å². The zero-order chi connectivity index (χ0) is 19.4. The highest BCUT2D eigenvalue weighted by Crippen LogP contribution is 2.28. The largest absolute Gasteiger partial charge is 0.497 e. The highest BCUT2D eigenvalue weighted by Gasteiger charge is 2.34. The smallest absolute Gasteiger partial charge is 0.361 e. The summed E-state index contributed by atoms with van der Waals surface area (Å²) in [7, 11) is -0.230. The molecule has 0 aliphatic heterocycles. The van der Waals surface area contributed by atoms with E-state index in [1.54, 1.807) is 24.3 Å². The van der Waals surface area contributed by atoms with E-state index in [1.165, 1.54) is 19.2 Å². The monoisotopic (exact) mass is 407 g/mol. The molecule has 0 saturated heterocycles. The molecule has 3 nitrogen and oxygen atoms in total. The Morgan fingerprint density at radius 1 is 1.07 bits per heavy atom. The van der Waals surface area contributed by atoms with Crippen LogP contribution in [-0.2, 0) is 10.8 Å². The summed E-state index contributed by atoms with van der Waals surface area (Å²) in [5.41, 5.74) is -0.373. The molecule has 1 unspecified atom stereocenters. The molecule has 3 aromatic rings. The molecular formula is C20H16ClF2NO2S. The van der Waals surface area contributed by atoms with Gasteiger partial charge < -0.3 is 4.74 Å². The summed E-state index contributed by atoms with van der Waals surface area (Å²) in [6, 6.07) is 18.9. The summed E-state index contributed by atoms with van der Waals surface area (Å²) in [5, 5.41) is -2.07. The first-order valence-electron chi connectivity index (χ1n) is 8.03. The summed E-state index contributed by atoms with van der Waals surface area (Å²) in [6.07, 6.45) is 0. The van der Waals surface area contributed by atoms with Crippen LogP contribution in [-0.4, -0.2) is 28.2 Å². The lowest BCUT2D eigenvalue weighted by Crippen LogP contribution is -2.27. The van der Waals surface area contributed by atoms with Crippen LogP contribution in [0.3, 0.4) is 0 Å². The lowest BCUT2D eigenvalue weighted by Gasteiger charge is -2.13. The molecule has 0 fully saturated rings. The van der Waals surface area contributed by atoms with Gasteiger partial charge in [0, 0.05) is 4.90 Å². The summed E-state index contributed by atoms with van der Waals surface area (Å²) in [6.45, 7) is 0. The molecule has 0 spiro atoms. The Hall–Kier alpha value is -2.31. The molecule has 0 aliphatic rings. The zero-order valence-electron chi connectivity index (χ0n) is 14.4.